The van der Waals surface area contributed by atoms with E-state index in [9.17, 15) is 18.0 Å². The molecule has 3 aromatic rings. The highest BCUT2D eigenvalue weighted by Gasteiger charge is 2.19. The van der Waals surface area contributed by atoms with Crippen LogP contribution in [0.4, 0.5) is 16.2 Å². The highest BCUT2D eigenvalue weighted by Crippen LogP contribution is 2.28. The summed E-state index contributed by atoms with van der Waals surface area (Å²) in [5, 5.41) is 5.82. The lowest BCUT2D eigenvalue weighted by molar-refractivity contribution is 0.0529. The predicted molar refractivity (Wildman–Crippen MR) is 155 cm³/mol. The Kier molecular flexibility index (Phi) is 9.24. The number of rotatable bonds is 9. The third-order valence-electron chi connectivity index (χ3n) is 5.56. The lowest BCUT2D eigenvalue weighted by Gasteiger charge is -2.19. The fourth-order valence-electron chi connectivity index (χ4n) is 3.75. The standard InChI is InChI=1S/C29H36N4O5S/c1-20-13-14-22(21-9-7-10-23(17-21)27(34)33(5)6)18-26(20)39(36,37)32-25-12-8-11-24(19-25)30-15-16-31-28(35)38-29(2,3)4/h7-14,17-19,30,32H,15-16H2,1-6H3,(H,31,35). The molecule has 0 saturated heterocycles. The van der Waals surface area contributed by atoms with Gasteiger partial charge in [-0.1, -0.05) is 30.3 Å². The van der Waals surface area contributed by atoms with E-state index in [-0.39, 0.29) is 10.8 Å². The fraction of sp³-hybridized carbons (Fsp3) is 0.310. The van der Waals surface area contributed by atoms with Gasteiger partial charge < -0.3 is 20.3 Å². The molecule has 3 N–H and O–H groups in total. The first-order valence-electron chi connectivity index (χ1n) is 12.5. The van der Waals surface area contributed by atoms with Crippen LogP contribution in [0.2, 0.25) is 0 Å². The van der Waals surface area contributed by atoms with Gasteiger partial charge in [0.2, 0.25) is 0 Å². The summed E-state index contributed by atoms with van der Waals surface area (Å²) in [6.07, 6.45) is -0.501. The molecule has 208 valence electrons. The van der Waals surface area contributed by atoms with Crippen molar-refractivity contribution in [2.24, 2.45) is 0 Å². The summed E-state index contributed by atoms with van der Waals surface area (Å²) in [5.41, 5.74) is 3.04. The summed E-state index contributed by atoms with van der Waals surface area (Å²) in [7, 11) is -0.545. The molecule has 0 aliphatic rings. The summed E-state index contributed by atoms with van der Waals surface area (Å²) >= 11 is 0. The van der Waals surface area contributed by atoms with Crippen LogP contribution < -0.4 is 15.4 Å². The largest absolute Gasteiger partial charge is 0.444 e. The lowest BCUT2D eigenvalue weighted by atomic mass is 10.0. The molecule has 0 aliphatic heterocycles. The Bertz CT molecular complexity index is 1450. The molecule has 0 spiro atoms. The molecule has 0 bridgehead atoms. The van der Waals surface area contributed by atoms with Crippen molar-refractivity contribution in [3.63, 3.8) is 0 Å². The number of amides is 2. The Balaban J connectivity index is 1.72. The molecule has 0 saturated carbocycles. The number of nitrogens with one attached hydrogen (secondary N) is 3. The van der Waals surface area contributed by atoms with Crippen molar-refractivity contribution in [1.82, 2.24) is 10.2 Å². The molecule has 0 aliphatic carbocycles. The monoisotopic (exact) mass is 552 g/mol. The van der Waals surface area contributed by atoms with Crippen LogP contribution in [0, 0.1) is 6.92 Å². The minimum atomic E-state index is -3.91. The number of nitrogens with zero attached hydrogens (tertiary/aromatic N) is 1. The minimum absolute atomic E-state index is 0.132. The maximum absolute atomic E-state index is 13.4. The number of hydrogen-bond donors (Lipinski definition) is 3. The van der Waals surface area contributed by atoms with Gasteiger partial charge >= 0.3 is 6.09 Å². The zero-order valence-corrected chi connectivity index (χ0v) is 24.0. The van der Waals surface area contributed by atoms with E-state index < -0.39 is 21.7 Å². The van der Waals surface area contributed by atoms with Gasteiger partial charge in [0.15, 0.2) is 0 Å². The second kappa shape index (κ2) is 12.2. The molecular formula is C29H36N4O5S. The topological polar surface area (TPSA) is 117 Å². The smallest absolute Gasteiger partial charge is 0.407 e. The highest BCUT2D eigenvalue weighted by atomic mass is 32.2. The molecule has 39 heavy (non-hydrogen) atoms. The van der Waals surface area contributed by atoms with Crippen LogP contribution in [-0.2, 0) is 14.8 Å². The fourth-order valence-corrected chi connectivity index (χ4v) is 5.07. The van der Waals surface area contributed by atoms with E-state index in [0.717, 1.165) is 5.56 Å². The minimum Gasteiger partial charge on any atom is -0.444 e. The summed E-state index contributed by atoms with van der Waals surface area (Å²) in [4.78, 5) is 25.8. The molecule has 0 unspecified atom stereocenters. The van der Waals surface area contributed by atoms with Crippen molar-refractivity contribution in [2.75, 3.05) is 37.2 Å². The quantitative estimate of drug-likeness (QED) is 0.318. The molecule has 0 atom stereocenters. The van der Waals surface area contributed by atoms with Gasteiger partial charge in [-0.3, -0.25) is 9.52 Å². The van der Waals surface area contributed by atoms with E-state index in [1.807, 2.05) is 12.1 Å². The van der Waals surface area contributed by atoms with Crippen LogP contribution >= 0.6 is 0 Å². The predicted octanol–water partition coefficient (Wildman–Crippen LogP) is 5.10. The van der Waals surface area contributed by atoms with Gasteiger partial charge in [0.1, 0.15) is 5.60 Å². The number of aryl methyl sites for hydroxylation is 1. The maximum Gasteiger partial charge on any atom is 0.407 e. The number of alkyl carbamates (subject to hydrolysis) is 1. The Morgan fingerprint density at radius 2 is 1.54 bits per heavy atom. The van der Waals surface area contributed by atoms with Crippen LogP contribution in [0.25, 0.3) is 11.1 Å². The Hall–Kier alpha value is -4.05. The SMILES string of the molecule is Cc1ccc(-c2cccc(C(=O)N(C)C)c2)cc1S(=O)(=O)Nc1cccc(NCCNC(=O)OC(C)(C)C)c1. The number of hydrogen-bond acceptors (Lipinski definition) is 6. The molecule has 0 aromatic heterocycles. The number of sulfonamides is 1. The number of carbonyl (C=O) groups excluding carboxylic acids is 2. The van der Waals surface area contributed by atoms with Crippen LogP contribution in [-0.4, -0.2) is 58.1 Å². The average Bonchev–Trinajstić information content (AvgIpc) is 2.85. The summed E-state index contributed by atoms with van der Waals surface area (Å²) < 4.78 is 34.6. The Morgan fingerprint density at radius 3 is 2.23 bits per heavy atom. The van der Waals surface area contributed by atoms with Crippen LogP contribution in [0.3, 0.4) is 0 Å². The number of ether oxygens (including phenoxy) is 1. The number of carbonyl (C=O) groups is 2. The van der Waals surface area contributed by atoms with Crippen LogP contribution in [0.15, 0.2) is 71.6 Å². The molecule has 3 aromatic carbocycles. The zero-order chi connectivity index (χ0) is 28.8. The number of anilines is 2. The van der Waals surface area contributed by atoms with Gasteiger partial charge in [0, 0.05) is 38.4 Å². The second-order valence-corrected chi connectivity index (χ2v) is 12.0. The summed E-state index contributed by atoms with van der Waals surface area (Å²) in [6.45, 7) is 7.87. The summed E-state index contributed by atoms with van der Waals surface area (Å²) in [5.74, 6) is -0.132. The molecule has 0 heterocycles. The van der Waals surface area contributed by atoms with Gasteiger partial charge in [0.05, 0.1) is 10.6 Å². The van der Waals surface area contributed by atoms with E-state index in [1.54, 1.807) is 96.4 Å². The van der Waals surface area contributed by atoms with Gasteiger partial charge in [-0.15, -0.1) is 0 Å². The molecule has 0 fully saturated rings. The first-order chi connectivity index (χ1) is 18.2. The lowest BCUT2D eigenvalue weighted by Crippen LogP contribution is -2.35. The van der Waals surface area contributed by atoms with Gasteiger partial charge in [-0.25, -0.2) is 13.2 Å². The van der Waals surface area contributed by atoms with E-state index in [1.165, 1.54) is 4.90 Å². The van der Waals surface area contributed by atoms with E-state index >= 15 is 0 Å². The van der Waals surface area contributed by atoms with Gasteiger partial charge in [-0.05, 0) is 80.8 Å². The van der Waals surface area contributed by atoms with Crippen molar-refractivity contribution in [3.05, 3.63) is 77.9 Å². The normalized spacial score (nSPS) is 11.4. The Morgan fingerprint density at radius 1 is 0.872 bits per heavy atom. The van der Waals surface area contributed by atoms with E-state index in [0.29, 0.717) is 41.2 Å². The van der Waals surface area contributed by atoms with Crippen molar-refractivity contribution in [3.8, 4) is 11.1 Å². The van der Waals surface area contributed by atoms with Crippen LogP contribution in [0.1, 0.15) is 36.7 Å². The van der Waals surface area contributed by atoms with E-state index in [2.05, 4.69) is 15.4 Å². The van der Waals surface area contributed by atoms with Crippen molar-refractivity contribution in [1.29, 1.82) is 0 Å². The third kappa shape index (κ3) is 8.47. The molecule has 10 heteroatoms. The molecular weight excluding hydrogens is 516 g/mol. The van der Waals surface area contributed by atoms with Crippen molar-refractivity contribution < 1.29 is 22.7 Å². The first kappa shape index (κ1) is 29.5. The highest BCUT2D eigenvalue weighted by molar-refractivity contribution is 7.92. The first-order valence-corrected chi connectivity index (χ1v) is 14.0. The second-order valence-electron chi connectivity index (χ2n) is 10.3. The van der Waals surface area contributed by atoms with Crippen LogP contribution in [0.5, 0.6) is 0 Å². The molecule has 9 nitrogen and oxygen atoms in total. The van der Waals surface area contributed by atoms with Gasteiger partial charge in [0.25, 0.3) is 15.9 Å². The number of benzene rings is 3. The zero-order valence-electron chi connectivity index (χ0n) is 23.2. The molecule has 0 radical (unpaired) electrons. The van der Waals surface area contributed by atoms with E-state index in [4.69, 9.17) is 4.74 Å². The average molecular weight is 553 g/mol. The Labute approximate surface area is 230 Å². The molecule has 2 amide bonds. The van der Waals surface area contributed by atoms with Crippen molar-refractivity contribution in [2.45, 2.75) is 38.2 Å². The molecule has 3 rings (SSSR count). The van der Waals surface area contributed by atoms with Gasteiger partial charge in [-0.2, -0.15) is 0 Å². The maximum atomic E-state index is 13.4. The third-order valence-corrected chi connectivity index (χ3v) is 7.09. The van der Waals surface area contributed by atoms with Crippen molar-refractivity contribution >= 4 is 33.4 Å². The summed E-state index contributed by atoms with van der Waals surface area (Å²) in [6, 6.07) is 19.2.